The molecule has 1 N–H and O–H groups in total. The van der Waals surface area contributed by atoms with Crippen LogP contribution < -0.4 is 5.32 Å². The number of hydrogen-bond acceptors (Lipinski definition) is 2. The Hall–Kier alpha value is -0.730. The Bertz CT molecular complexity index is 164. The number of carbonyl (C=O) groups is 1. The summed E-state index contributed by atoms with van der Waals surface area (Å²) < 4.78 is 5.23. The van der Waals surface area contributed by atoms with Gasteiger partial charge in [0, 0.05) is 6.04 Å². The van der Waals surface area contributed by atoms with Crippen molar-refractivity contribution in [1.82, 2.24) is 5.32 Å². The van der Waals surface area contributed by atoms with Crippen molar-refractivity contribution in [1.29, 1.82) is 0 Å². The van der Waals surface area contributed by atoms with Crippen LogP contribution in [0.2, 0.25) is 0 Å². The van der Waals surface area contributed by atoms with Gasteiger partial charge in [0.15, 0.2) is 0 Å². The minimum Gasteiger partial charge on any atom is -0.446 e. The summed E-state index contributed by atoms with van der Waals surface area (Å²) >= 11 is 0. The second-order valence-corrected chi connectivity index (χ2v) is 3.77. The van der Waals surface area contributed by atoms with Gasteiger partial charge in [-0.1, -0.05) is 6.92 Å². The van der Waals surface area contributed by atoms with Crippen molar-refractivity contribution < 1.29 is 9.53 Å². The number of nitrogens with one attached hydrogen (secondary N) is 1. The van der Waals surface area contributed by atoms with Crippen LogP contribution in [0.25, 0.3) is 0 Å². The Kier molecular flexibility index (Phi) is 4.06. The molecule has 1 atom stereocenters. The highest BCUT2D eigenvalue weighted by Gasteiger charge is 2.19. The van der Waals surface area contributed by atoms with E-state index >= 15 is 0 Å². The molecule has 1 saturated carbocycles. The second-order valence-electron chi connectivity index (χ2n) is 3.77. The third-order valence-electron chi connectivity index (χ3n) is 2.55. The molecule has 0 radical (unpaired) electrons. The molecule has 0 bridgehead atoms. The molecule has 0 heterocycles. The van der Waals surface area contributed by atoms with Crippen molar-refractivity contribution >= 4 is 6.09 Å². The van der Waals surface area contributed by atoms with Gasteiger partial charge in [0.2, 0.25) is 0 Å². The molecule has 3 heteroatoms. The first kappa shape index (κ1) is 10.4. The van der Waals surface area contributed by atoms with E-state index in [1.165, 1.54) is 12.8 Å². The first-order valence-electron chi connectivity index (χ1n) is 5.19. The number of hydrogen-bond donors (Lipinski definition) is 1. The highest BCUT2D eigenvalue weighted by molar-refractivity contribution is 5.67. The van der Waals surface area contributed by atoms with E-state index in [9.17, 15) is 4.79 Å². The molecular weight excluding hydrogens is 166 g/mol. The van der Waals surface area contributed by atoms with E-state index < -0.39 is 0 Å². The maximum atomic E-state index is 11.2. The van der Waals surface area contributed by atoms with Gasteiger partial charge < -0.3 is 10.1 Å². The molecule has 0 spiro atoms. The molecule has 1 aliphatic rings. The van der Waals surface area contributed by atoms with Crippen molar-refractivity contribution in [3.63, 3.8) is 0 Å². The zero-order valence-electron chi connectivity index (χ0n) is 8.51. The van der Waals surface area contributed by atoms with Gasteiger partial charge in [-0.2, -0.15) is 0 Å². The van der Waals surface area contributed by atoms with Crippen molar-refractivity contribution in [2.75, 3.05) is 0 Å². The average Bonchev–Trinajstić information content (AvgIpc) is 2.56. The molecule has 1 aliphatic carbocycles. The zero-order valence-corrected chi connectivity index (χ0v) is 8.51. The third kappa shape index (κ3) is 3.66. The molecule has 1 rings (SSSR count). The lowest BCUT2D eigenvalue weighted by molar-refractivity contribution is 0.0982. The van der Waals surface area contributed by atoms with E-state index in [0.29, 0.717) is 0 Å². The summed E-state index contributed by atoms with van der Waals surface area (Å²) in [4.78, 5) is 11.2. The SMILES string of the molecule is CCC(C)NC(=O)OC1CCCC1. The molecule has 1 unspecified atom stereocenters. The maximum absolute atomic E-state index is 11.2. The highest BCUT2D eigenvalue weighted by Crippen LogP contribution is 2.20. The van der Waals surface area contributed by atoms with Crippen LogP contribution in [0.1, 0.15) is 46.0 Å². The number of carbonyl (C=O) groups excluding carboxylic acids is 1. The van der Waals surface area contributed by atoms with Crippen LogP contribution in [-0.4, -0.2) is 18.2 Å². The van der Waals surface area contributed by atoms with E-state index in [4.69, 9.17) is 4.74 Å². The molecule has 76 valence electrons. The van der Waals surface area contributed by atoms with Gasteiger partial charge in [0.05, 0.1) is 0 Å². The second kappa shape index (κ2) is 5.10. The average molecular weight is 185 g/mol. The van der Waals surface area contributed by atoms with Crippen LogP contribution in [0, 0.1) is 0 Å². The summed E-state index contributed by atoms with van der Waals surface area (Å²) in [6, 6.07) is 0.217. The van der Waals surface area contributed by atoms with Gasteiger partial charge in [-0.15, -0.1) is 0 Å². The minimum atomic E-state index is -0.249. The van der Waals surface area contributed by atoms with Gasteiger partial charge in [0.1, 0.15) is 6.10 Å². The minimum absolute atomic E-state index is 0.170. The lowest BCUT2D eigenvalue weighted by Gasteiger charge is -2.15. The van der Waals surface area contributed by atoms with E-state index in [-0.39, 0.29) is 18.2 Å². The summed E-state index contributed by atoms with van der Waals surface area (Å²) in [6.07, 6.45) is 5.33. The molecule has 0 aliphatic heterocycles. The van der Waals surface area contributed by atoms with Crippen LogP contribution in [-0.2, 0) is 4.74 Å². The Morgan fingerprint density at radius 2 is 2.15 bits per heavy atom. The van der Waals surface area contributed by atoms with E-state index in [1.54, 1.807) is 0 Å². The molecule has 0 saturated heterocycles. The lowest BCUT2D eigenvalue weighted by atomic mass is 10.3. The monoisotopic (exact) mass is 185 g/mol. The lowest BCUT2D eigenvalue weighted by Crippen LogP contribution is -2.34. The van der Waals surface area contributed by atoms with E-state index in [0.717, 1.165) is 19.3 Å². The van der Waals surface area contributed by atoms with E-state index in [2.05, 4.69) is 5.32 Å². The fraction of sp³-hybridized carbons (Fsp3) is 0.900. The topological polar surface area (TPSA) is 38.3 Å². The number of ether oxygens (including phenoxy) is 1. The molecule has 3 nitrogen and oxygen atoms in total. The Labute approximate surface area is 79.8 Å². The van der Waals surface area contributed by atoms with Gasteiger partial charge in [-0.05, 0) is 39.0 Å². The number of rotatable bonds is 3. The smallest absolute Gasteiger partial charge is 0.407 e. The first-order valence-corrected chi connectivity index (χ1v) is 5.19. The van der Waals surface area contributed by atoms with Gasteiger partial charge in [-0.25, -0.2) is 4.79 Å². The molecule has 0 aromatic rings. The summed E-state index contributed by atoms with van der Waals surface area (Å²) in [5.74, 6) is 0. The molecule has 0 aromatic heterocycles. The Balaban J connectivity index is 2.16. The van der Waals surface area contributed by atoms with Crippen molar-refractivity contribution in [3.8, 4) is 0 Å². The quantitative estimate of drug-likeness (QED) is 0.733. The Morgan fingerprint density at radius 3 is 2.69 bits per heavy atom. The molecule has 1 amide bonds. The van der Waals surface area contributed by atoms with Gasteiger partial charge in [0.25, 0.3) is 0 Å². The predicted molar refractivity (Wildman–Crippen MR) is 51.6 cm³/mol. The zero-order chi connectivity index (χ0) is 9.68. The Morgan fingerprint density at radius 1 is 1.54 bits per heavy atom. The normalized spacial score (nSPS) is 19.8. The third-order valence-corrected chi connectivity index (χ3v) is 2.55. The van der Waals surface area contributed by atoms with Crippen molar-refractivity contribution in [2.45, 2.75) is 58.1 Å². The summed E-state index contributed by atoms with van der Waals surface area (Å²) in [7, 11) is 0. The molecular formula is C10H19NO2. The number of amides is 1. The maximum Gasteiger partial charge on any atom is 0.407 e. The standard InChI is InChI=1S/C10H19NO2/c1-3-8(2)11-10(12)13-9-6-4-5-7-9/h8-9H,3-7H2,1-2H3,(H,11,12). The van der Waals surface area contributed by atoms with Crippen LogP contribution in [0.5, 0.6) is 0 Å². The van der Waals surface area contributed by atoms with Crippen LogP contribution in [0.4, 0.5) is 4.79 Å². The van der Waals surface area contributed by atoms with Gasteiger partial charge >= 0.3 is 6.09 Å². The molecule has 13 heavy (non-hydrogen) atoms. The fourth-order valence-corrected chi connectivity index (χ4v) is 1.49. The molecule has 0 aromatic carbocycles. The van der Waals surface area contributed by atoms with Crippen molar-refractivity contribution in [3.05, 3.63) is 0 Å². The summed E-state index contributed by atoms with van der Waals surface area (Å²) in [5.41, 5.74) is 0. The predicted octanol–water partition coefficient (Wildman–Crippen LogP) is 2.45. The summed E-state index contributed by atoms with van der Waals surface area (Å²) in [5, 5.41) is 2.80. The first-order chi connectivity index (χ1) is 6.22. The fourth-order valence-electron chi connectivity index (χ4n) is 1.49. The van der Waals surface area contributed by atoms with E-state index in [1.807, 2.05) is 13.8 Å². The van der Waals surface area contributed by atoms with Gasteiger partial charge in [-0.3, -0.25) is 0 Å². The summed E-state index contributed by atoms with van der Waals surface area (Å²) in [6.45, 7) is 4.02. The van der Waals surface area contributed by atoms with Crippen LogP contribution in [0.15, 0.2) is 0 Å². The number of alkyl carbamates (subject to hydrolysis) is 1. The van der Waals surface area contributed by atoms with Crippen molar-refractivity contribution in [2.24, 2.45) is 0 Å². The van der Waals surface area contributed by atoms with Crippen LogP contribution >= 0.6 is 0 Å². The largest absolute Gasteiger partial charge is 0.446 e. The van der Waals surface area contributed by atoms with Crippen LogP contribution in [0.3, 0.4) is 0 Å². The molecule has 1 fully saturated rings. The highest BCUT2D eigenvalue weighted by atomic mass is 16.6.